The topological polar surface area (TPSA) is 29.9 Å². The van der Waals surface area contributed by atoms with Crippen LogP contribution in [0.4, 0.5) is 5.82 Å². The van der Waals surface area contributed by atoms with E-state index in [1.54, 1.807) is 0 Å². The highest BCUT2D eigenvalue weighted by molar-refractivity contribution is 5.42. The van der Waals surface area contributed by atoms with Gasteiger partial charge in [-0.2, -0.15) is 5.10 Å². The van der Waals surface area contributed by atoms with Gasteiger partial charge in [-0.05, 0) is 25.3 Å². The minimum absolute atomic E-state index is 0.365. The fourth-order valence-corrected chi connectivity index (χ4v) is 3.25. The SMILES string of the molecule is CCCC(C)c1cc2n(n1)C(c1cccc(C)c1)CCN2. The van der Waals surface area contributed by atoms with E-state index in [2.05, 4.69) is 61.1 Å². The summed E-state index contributed by atoms with van der Waals surface area (Å²) in [6.07, 6.45) is 3.50. The Hall–Kier alpha value is -1.77. The first-order valence-corrected chi connectivity index (χ1v) is 8.09. The van der Waals surface area contributed by atoms with Gasteiger partial charge in [-0.25, -0.2) is 4.68 Å². The molecule has 3 nitrogen and oxygen atoms in total. The number of rotatable bonds is 4. The molecule has 2 unspecified atom stereocenters. The Morgan fingerprint density at radius 3 is 3.00 bits per heavy atom. The number of anilines is 1. The Morgan fingerprint density at radius 1 is 1.38 bits per heavy atom. The molecule has 0 bridgehead atoms. The maximum atomic E-state index is 4.91. The van der Waals surface area contributed by atoms with E-state index in [1.165, 1.54) is 35.5 Å². The molecule has 1 aromatic carbocycles. The lowest BCUT2D eigenvalue weighted by Gasteiger charge is -2.26. The van der Waals surface area contributed by atoms with Crippen LogP contribution in [0.15, 0.2) is 30.3 Å². The lowest BCUT2D eigenvalue weighted by Crippen LogP contribution is -2.24. The number of aryl methyl sites for hydroxylation is 1. The van der Waals surface area contributed by atoms with Crippen molar-refractivity contribution in [1.29, 1.82) is 0 Å². The van der Waals surface area contributed by atoms with Gasteiger partial charge in [0.05, 0.1) is 11.7 Å². The summed E-state index contributed by atoms with van der Waals surface area (Å²) < 4.78 is 2.19. The third-order valence-electron chi connectivity index (χ3n) is 4.43. The Balaban J connectivity index is 1.94. The van der Waals surface area contributed by atoms with Crippen LogP contribution in [0.25, 0.3) is 0 Å². The molecule has 3 rings (SSSR count). The number of fused-ring (bicyclic) bond motifs is 1. The molecule has 112 valence electrons. The first-order chi connectivity index (χ1) is 10.2. The van der Waals surface area contributed by atoms with Crippen LogP contribution in [-0.4, -0.2) is 16.3 Å². The molecule has 1 aromatic heterocycles. The lowest BCUT2D eigenvalue weighted by molar-refractivity contribution is 0.472. The predicted molar refractivity (Wildman–Crippen MR) is 88.0 cm³/mol. The van der Waals surface area contributed by atoms with Crippen LogP contribution in [0.1, 0.15) is 61.9 Å². The number of aromatic nitrogens is 2. The first kappa shape index (κ1) is 14.2. The zero-order chi connectivity index (χ0) is 14.8. The number of hydrogen-bond acceptors (Lipinski definition) is 2. The summed E-state index contributed by atoms with van der Waals surface area (Å²) in [5.74, 6) is 1.71. The van der Waals surface area contributed by atoms with E-state index in [0.29, 0.717) is 12.0 Å². The van der Waals surface area contributed by atoms with E-state index in [0.717, 1.165) is 13.0 Å². The van der Waals surface area contributed by atoms with Crippen LogP contribution in [0.5, 0.6) is 0 Å². The Kier molecular flexibility index (Phi) is 4.00. The highest BCUT2D eigenvalue weighted by atomic mass is 15.4. The second-order valence-corrected chi connectivity index (χ2v) is 6.23. The third kappa shape index (κ3) is 2.82. The molecular weight excluding hydrogens is 258 g/mol. The highest BCUT2D eigenvalue weighted by Crippen LogP contribution is 2.32. The van der Waals surface area contributed by atoms with Gasteiger partial charge in [0.15, 0.2) is 0 Å². The summed E-state index contributed by atoms with van der Waals surface area (Å²) in [5, 5.41) is 8.41. The fraction of sp³-hybridized carbons (Fsp3) is 0.500. The summed E-state index contributed by atoms with van der Waals surface area (Å²) in [6, 6.07) is 11.4. The van der Waals surface area contributed by atoms with Gasteiger partial charge in [-0.3, -0.25) is 0 Å². The average Bonchev–Trinajstić information content (AvgIpc) is 2.91. The van der Waals surface area contributed by atoms with Gasteiger partial charge in [0.2, 0.25) is 0 Å². The number of benzene rings is 1. The van der Waals surface area contributed by atoms with E-state index in [4.69, 9.17) is 5.10 Å². The summed E-state index contributed by atoms with van der Waals surface area (Å²) >= 11 is 0. The summed E-state index contributed by atoms with van der Waals surface area (Å²) in [5.41, 5.74) is 3.91. The fourth-order valence-electron chi connectivity index (χ4n) is 3.25. The minimum atomic E-state index is 0.365. The molecule has 0 fully saturated rings. The molecule has 0 saturated heterocycles. The molecule has 21 heavy (non-hydrogen) atoms. The Morgan fingerprint density at radius 2 is 2.24 bits per heavy atom. The molecule has 3 heteroatoms. The second-order valence-electron chi connectivity index (χ2n) is 6.23. The van der Waals surface area contributed by atoms with Crippen LogP contribution in [0.3, 0.4) is 0 Å². The van der Waals surface area contributed by atoms with Crippen molar-refractivity contribution < 1.29 is 0 Å². The molecule has 0 radical (unpaired) electrons. The van der Waals surface area contributed by atoms with Crippen LogP contribution < -0.4 is 5.32 Å². The Bertz CT molecular complexity index is 615. The lowest BCUT2D eigenvalue weighted by atomic mass is 10.0. The smallest absolute Gasteiger partial charge is 0.125 e. The van der Waals surface area contributed by atoms with E-state index in [-0.39, 0.29) is 0 Å². The molecule has 2 aromatic rings. The standard InChI is InChI=1S/C18H25N3/c1-4-6-14(3)16-12-18-19-10-9-17(21(18)20-16)15-8-5-7-13(2)11-15/h5,7-8,11-12,14,17,19H,4,6,9-10H2,1-3H3. The zero-order valence-corrected chi connectivity index (χ0v) is 13.3. The zero-order valence-electron chi connectivity index (χ0n) is 13.3. The van der Waals surface area contributed by atoms with Crippen molar-refractivity contribution in [2.45, 2.75) is 52.0 Å². The van der Waals surface area contributed by atoms with E-state index >= 15 is 0 Å². The molecule has 2 atom stereocenters. The summed E-state index contributed by atoms with van der Waals surface area (Å²) in [6.45, 7) is 7.69. The Labute approximate surface area is 127 Å². The van der Waals surface area contributed by atoms with Crippen molar-refractivity contribution in [3.05, 3.63) is 47.2 Å². The third-order valence-corrected chi connectivity index (χ3v) is 4.43. The van der Waals surface area contributed by atoms with Gasteiger partial charge in [-0.1, -0.05) is 50.1 Å². The first-order valence-electron chi connectivity index (χ1n) is 8.09. The van der Waals surface area contributed by atoms with Crippen LogP contribution >= 0.6 is 0 Å². The monoisotopic (exact) mass is 283 g/mol. The van der Waals surface area contributed by atoms with E-state index < -0.39 is 0 Å². The largest absolute Gasteiger partial charge is 0.370 e. The molecule has 0 saturated carbocycles. The number of nitrogens with zero attached hydrogens (tertiary/aromatic N) is 2. The number of hydrogen-bond donors (Lipinski definition) is 1. The average molecular weight is 283 g/mol. The quantitative estimate of drug-likeness (QED) is 0.895. The second kappa shape index (κ2) is 5.92. The van der Waals surface area contributed by atoms with Crippen LogP contribution in [0.2, 0.25) is 0 Å². The molecule has 1 aliphatic rings. The number of nitrogens with one attached hydrogen (secondary N) is 1. The molecule has 2 heterocycles. The van der Waals surface area contributed by atoms with E-state index in [1.807, 2.05) is 0 Å². The molecule has 0 aliphatic carbocycles. The van der Waals surface area contributed by atoms with Crippen molar-refractivity contribution in [3.63, 3.8) is 0 Å². The van der Waals surface area contributed by atoms with Crippen molar-refractivity contribution in [2.24, 2.45) is 0 Å². The van der Waals surface area contributed by atoms with Crippen LogP contribution in [0, 0.1) is 6.92 Å². The molecule has 1 N–H and O–H groups in total. The minimum Gasteiger partial charge on any atom is -0.370 e. The predicted octanol–water partition coefficient (Wildman–Crippen LogP) is 4.50. The van der Waals surface area contributed by atoms with Crippen molar-refractivity contribution in [1.82, 2.24) is 9.78 Å². The van der Waals surface area contributed by atoms with Gasteiger partial charge in [0, 0.05) is 18.5 Å². The van der Waals surface area contributed by atoms with Gasteiger partial charge in [0.1, 0.15) is 5.82 Å². The normalized spacial score (nSPS) is 18.9. The molecule has 1 aliphatic heterocycles. The maximum Gasteiger partial charge on any atom is 0.125 e. The molecular formula is C18H25N3. The molecule has 0 spiro atoms. The van der Waals surface area contributed by atoms with Crippen molar-refractivity contribution in [2.75, 3.05) is 11.9 Å². The van der Waals surface area contributed by atoms with Crippen molar-refractivity contribution in [3.8, 4) is 0 Å². The van der Waals surface area contributed by atoms with E-state index in [9.17, 15) is 0 Å². The maximum absolute atomic E-state index is 4.91. The van der Waals surface area contributed by atoms with Gasteiger partial charge < -0.3 is 5.32 Å². The van der Waals surface area contributed by atoms with Crippen molar-refractivity contribution >= 4 is 5.82 Å². The summed E-state index contributed by atoms with van der Waals surface area (Å²) in [4.78, 5) is 0. The highest BCUT2D eigenvalue weighted by Gasteiger charge is 2.24. The van der Waals surface area contributed by atoms with Gasteiger partial charge in [0.25, 0.3) is 0 Å². The summed E-state index contributed by atoms with van der Waals surface area (Å²) in [7, 11) is 0. The van der Waals surface area contributed by atoms with Gasteiger partial charge in [-0.15, -0.1) is 0 Å². The van der Waals surface area contributed by atoms with Gasteiger partial charge >= 0.3 is 0 Å². The molecule has 0 amide bonds. The van der Waals surface area contributed by atoms with Crippen LogP contribution in [-0.2, 0) is 0 Å².